The summed E-state index contributed by atoms with van der Waals surface area (Å²) < 4.78 is 0. The molecule has 0 bridgehead atoms. The highest BCUT2D eigenvalue weighted by molar-refractivity contribution is 5.87. The van der Waals surface area contributed by atoms with Gasteiger partial charge in [0.15, 0.2) is 0 Å². The number of rotatable bonds is 5. The molecule has 1 heterocycles. The molecule has 3 rings (SSSR count). The van der Waals surface area contributed by atoms with Crippen LogP contribution in [-0.4, -0.2) is 29.3 Å². The van der Waals surface area contributed by atoms with E-state index in [1.807, 2.05) is 36.9 Å². The zero-order chi connectivity index (χ0) is 17.8. The van der Waals surface area contributed by atoms with Gasteiger partial charge in [0.1, 0.15) is 0 Å². The topological polar surface area (TPSA) is 49.4 Å². The predicted molar refractivity (Wildman–Crippen MR) is 100 cm³/mol. The van der Waals surface area contributed by atoms with Crippen LogP contribution >= 0.6 is 0 Å². The Labute approximate surface area is 149 Å². The molecule has 0 spiro atoms. The van der Waals surface area contributed by atoms with E-state index in [-0.39, 0.29) is 23.9 Å². The van der Waals surface area contributed by atoms with Crippen LogP contribution in [0, 0.1) is 0 Å². The summed E-state index contributed by atoms with van der Waals surface area (Å²) in [6.07, 6.45) is 2.95. The van der Waals surface area contributed by atoms with Gasteiger partial charge >= 0.3 is 0 Å². The zero-order valence-electron chi connectivity index (χ0n) is 15.0. The van der Waals surface area contributed by atoms with Gasteiger partial charge in [-0.25, -0.2) is 0 Å². The lowest BCUT2D eigenvalue weighted by molar-refractivity contribution is -0.136. The summed E-state index contributed by atoms with van der Waals surface area (Å²) in [5.74, 6) is 0.167. The molecule has 0 radical (unpaired) electrons. The molecular formula is C21H26N2O2. The minimum absolute atomic E-state index is 0.00805. The molecule has 0 aliphatic carbocycles. The van der Waals surface area contributed by atoms with E-state index in [9.17, 15) is 9.59 Å². The summed E-state index contributed by atoms with van der Waals surface area (Å²) >= 11 is 0. The van der Waals surface area contributed by atoms with Gasteiger partial charge in [0.25, 0.3) is 0 Å². The Morgan fingerprint density at radius 2 is 1.88 bits per heavy atom. The monoisotopic (exact) mass is 338 g/mol. The maximum Gasteiger partial charge on any atom is 0.222 e. The van der Waals surface area contributed by atoms with Crippen molar-refractivity contribution in [3.63, 3.8) is 0 Å². The van der Waals surface area contributed by atoms with E-state index in [1.165, 1.54) is 5.39 Å². The van der Waals surface area contributed by atoms with Gasteiger partial charge < -0.3 is 10.2 Å². The molecule has 2 aromatic carbocycles. The van der Waals surface area contributed by atoms with E-state index in [0.717, 1.165) is 30.3 Å². The van der Waals surface area contributed by atoms with Gasteiger partial charge in [0, 0.05) is 25.4 Å². The lowest BCUT2D eigenvalue weighted by Crippen LogP contribution is -2.44. The molecule has 25 heavy (non-hydrogen) atoms. The van der Waals surface area contributed by atoms with Crippen LogP contribution < -0.4 is 5.32 Å². The summed E-state index contributed by atoms with van der Waals surface area (Å²) in [5.41, 5.74) is 1.12. The molecule has 2 atom stereocenters. The Hall–Kier alpha value is -2.36. The number of fused-ring (bicyclic) bond motifs is 1. The lowest BCUT2D eigenvalue weighted by Gasteiger charge is -2.32. The fourth-order valence-corrected chi connectivity index (χ4v) is 3.68. The molecule has 1 aliphatic rings. The zero-order valence-corrected chi connectivity index (χ0v) is 15.0. The first kappa shape index (κ1) is 17.5. The molecule has 1 aliphatic heterocycles. The highest BCUT2D eigenvalue weighted by Crippen LogP contribution is 2.24. The second-order valence-corrected chi connectivity index (χ2v) is 6.95. The fraction of sp³-hybridized carbons (Fsp3) is 0.429. The molecule has 2 unspecified atom stereocenters. The van der Waals surface area contributed by atoms with E-state index in [1.54, 1.807) is 0 Å². The van der Waals surface area contributed by atoms with Crippen LogP contribution in [0.3, 0.4) is 0 Å². The second-order valence-electron chi connectivity index (χ2n) is 6.95. The first-order valence-electron chi connectivity index (χ1n) is 9.13. The van der Waals surface area contributed by atoms with Crippen molar-refractivity contribution in [2.75, 3.05) is 6.54 Å². The number of carbonyl (C=O) groups is 2. The first-order chi connectivity index (χ1) is 12.1. The molecule has 4 nitrogen and oxygen atoms in total. The van der Waals surface area contributed by atoms with Gasteiger partial charge in [-0.05, 0) is 43.0 Å². The third-order valence-electron chi connectivity index (χ3n) is 5.04. The molecule has 2 aromatic rings. The summed E-state index contributed by atoms with van der Waals surface area (Å²) in [5, 5.41) is 5.43. The van der Waals surface area contributed by atoms with Gasteiger partial charge in [-0.3, -0.25) is 9.59 Å². The van der Waals surface area contributed by atoms with Gasteiger partial charge in [0.05, 0.1) is 6.04 Å². The number of likely N-dealkylation sites (tertiary alicyclic amines) is 1. The Kier molecular flexibility index (Phi) is 5.37. The van der Waals surface area contributed by atoms with Crippen molar-refractivity contribution in [1.82, 2.24) is 10.2 Å². The van der Waals surface area contributed by atoms with E-state index in [0.29, 0.717) is 12.8 Å². The Bertz CT molecular complexity index is 766. The van der Waals surface area contributed by atoms with E-state index in [2.05, 4.69) is 29.6 Å². The van der Waals surface area contributed by atoms with E-state index < -0.39 is 0 Å². The fourth-order valence-electron chi connectivity index (χ4n) is 3.68. The Morgan fingerprint density at radius 3 is 2.68 bits per heavy atom. The predicted octanol–water partition coefficient (Wildman–Crippen LogP) is 3.81. The SMILES string of the molecule is CC(NC(=O)CC(C)N1CCCCC1=O)c1cccc2ccccc12. The van der Waals surface area contributed by atoms with Crippen molar-refractivity contribution in [3.05, 3.63) is 48.0 Å². The Balaban J connectivity index is 1.65. The van der Waals surface area contributed by atoms with Crippen LogP contribution in [0.5, 0.6) is 0 Å². The minimum Gasteiger partial charge on any atom is -0.349 e. The average molecular weight is 338 g/mol. The number of nitrogens with one attached hydrogen (secondary N) is 1. The summed E-state index contributed by atoms with van der Waals surface area (Å²) in [7, 11) is 0. The number of benzene rings is 2. The molecule has 1 N–H and O–H groups in total. The highest BCUT2D eigenvalue weighted by Gasteiger charge is 2.25. The molecule has 0 saturated carbocycles. The number of nitrogens with zero attached hydrogens (tertiary/aromatic N) is 1. The number of hydrogen-bond donors (Lipinski definition) is 1. The quantitative estimate of drug-likeness (QED) is 0.901. The summed E-state index contributed by atoms with van der Waals surface area (Å²) in [4.78, 5) is 26.3. The van der Waals surface area contributed by atoms with Crippen molar-refractivity contribution in [1.29, 1.82) is 0 Å². The number of amides is 2. The molecule has 2 amide bonds. The largest absolute Gasteiger partial charge is 0.349 e. The first-order valence-corrected chi connectivity index (χ1v) is 9.13. The number of piperidine rings is 1. The standard InChI is InChI=1S/C21H26N2O2/c1-15(23-13-6-5-12-21(23)25)14-20(24)22-16(2)18-11-7-9-17-8-3-4-10-19(17)18/h3-4,7-11,15-16H,5-6,12-14H2,1-2H3,(H,22,24). The van der Waals surface area contributed by atoms with Gasteiger partial charge in [-0.2, -0.15) is 0 Å². The third-order valence-corrected chi connectivity index (χ3v) is 5.04. The molecule has 1 fully saturated rings. The summed E-state index contributed by atoms with van der Waals surface area (Å²) in [6.45, 7) is 4.74. The highest BCUT2D eigenvalue weighted by atomic mass is 16.2. The van der Waals surface area contributed by atoms with Crippen LogP contribution in [-0.2, 0) is 9.59 Å². The normalized spacial score (nSPS) is 17.4. The molecule has 0 aromatic heterocycles. The third kappa shape index (κ3) is 4.01. The van der Waals surface area contributed by atoms with Crippen LogP contribution in [0.1, 0.15) is 51.1 Å². The molecule has 1 saturated heterocycles. The molecular weight excluding hydrogens is 312 g/mol. The maximum absolute atomic E-state index is 12.5. The average Bonchev–Trinajstić information content (AvgIpc) is 2.61. The van der Waals surface area contributed by atoms with Crippen molar-refractivity contribution >= 4 is 22.6 Å². The van der Waals surface area contributed by atoms with Crippen molar-refractivity contribution in [2.24, 2.45) is 0 Å². The van der Waals surface area contributed by atoms with Crippen LogP contribution in [0.25, 0.3) is 10.8 Å². The van der Waals surface area contributed by atoms with Crippen LogP contribution in [0.2, 0.25) is 0 Å². The van der Waals surface area contributed by atoms with Gasteiger partial charge in [-0.1, -0.05) is 42.5 Å². The van der Waals surface area contributed by atoms with E-state index in [4.69, 9.17) is 0 Å². The van der Waals surface area contributed by atoms with Crippen molar-refractivity contribution in [2.45, 2.75) is 51.6 Å². The van der Waals surface area contributed by atoms with Crippen LogP contribution in [0.4, 0.5) is 0 Å². The smallest absolute Gasteiger partial charge is 0.222 e. The Morgan fingerprint density at radius 1 is 1.12 bits per heavy atom. The number of carbonyl (C=O) groups excluding carboxylic acids is 2. The maximum atomic E-state index is 12.5. The van der Waals surface area contributed by atoms with Gasteiger partial charge in [-0.15, -0.1) is 0 Å². The van der Waals surface area contributed by atoms with Crippen molar-refractivity contribution < 1.29 is 9.59 Å². The second kappa shape index (κ2) is 7.68. The molecule has 132 valence electrons. The van der Waals surface area contributed by atoms with E-state index >= 15 is 0 Å². The van der Waals surface area contributed by atoms with Crippen LogP contribution in [0.15, 0.2) is 42.5 Å². The van der Waals surface area contributed by atoms with Crippen molar-refractivity contribution in [3.8, 4) is 0 Å². The summed E-state index contributed by atoms with van der Waals surface area (Å²) in [6, 6.07) is 14.3. The molecule has 4 heteroatoms. The lowest BCUT2D eigenvalue weighted by atomic mass is 9.99. The number of hydrogen-bond acceptors (Lipinski definition) is 2. The minimum atomic E-state index is -0.0668. The van der Waals surface area contributed by atoms with Gasteiger partial charge in [0.2, 0.25) is 11.8 Å².